The fraction of sp³-hybridized carbons (Fsp3) is 0.579. The topological polar surface area (TPSA) is 34.1 Å². The van der Waals surface area contributed by atoms with Crippen LogP contribution in [0.25, 0.3) is 0 Å². The van der Waals surface area contributed by atoms with Crippen LogP contribution in [0.5, 0.6) is 0 Å². The molecule has 120 valence electrons. The summed E-state index contributed by atoms with van der Waals surface area (Å²) in [6.45, 7) is 11.0. The number of fused-ring (bicyclic) bond motifs is 2. The molecule has 3 aliphatic carbocycles. The average molecular weight is 318 g/mol. The third-order valence-electron chi connectivity index (χ3n) is 6.44. The van der Waals surface area contributed by atoms with Gasteiger partial charge in [0.2, 0.25) is 9.84 Å². The molecule has 0 radical (unpaired) electrons. The molecule has 0 saturated heterocycles. The van der Waals surface area contributed by atoms with Crippen molar-refractivity contribution in [3.63, 3.8) is 0 Å². The van der Waals surface area contributed by atoms with Gasteiger partial charge in [-0.1, -0.05) is 45.5 Å². The van der Waals surface area contributed by atoms with Gasteiger partial charge in [-0.05, 0) is 60.5 Å². The summed E-state index contributed by atoms with van der Waals surface area (Å²) in [5.74, 6) is 2.54. The number of allylic oxidation sites excluding steroid dienone is 1. The van der Waals surface area contributed by atoms with Gasteiger partial charge in [0.05, 0.1) is 4.90 Å². The maximum atomic E-state index is 12.6. The van der Waals surface area contributed by atoms with Crippen LogP contribution in [0, 0.1) is 29.1 Å². The van der Waals surface area contributed by atoms with Crippen LogP contribution in [0.15, 0.2) is 46.7 Å². The van der Waals surface area contributed by atoms with Gasteiger partial charge in [0, 0.05) is 4.91 Å². The lowest BCUT2D eigenvalue weighted by Crippen LogP contribution is -2.54. The zero-order chi connectivity index (χ0) is 16.1. The molecule has 1 aromatic carbocycles. The summed E-state index contributed by atoms with van der Waals surface area (Å²) in [6.07, 6.45) is 3.08. The zero-order valence-electron chi connectivity index (χ0n) is 13.7. The minimum Gasteiger partial charge on any atom is -0.219 e. The Balaban J connectivity index is 1.74. The van der Waals surface area contributed by atoms with Gasteiger partial charge in [-0.15, -0.1) is 0 Å². The Kier molecular flexibility index (Phi) is 3.75. The Bertz CT molecular complexity index is 673. The molecule has 0 spiro atoms. The second-order valence-corrected chi connectivity index (χ2v) is 9.83. The molecule has 4 rings (SSSR count). The summed E-state index contributed by atoms with van der Waals surface area (Å²) < 4.78 is 25.3. The van der Waals surface area contributed by atoms with E-state index in [9.17, 15) is 8.42 Å². The second kappa shape index (κ2) is 5.23. The van der Waals surface area contributed by atoms with Gasteiger partial charge < -0.3 is 0 Å². The lowest BCUT2D eigenvalue weighted by atomic mass is 9.43. The highest BCUT2D eigenvalue weighted by molar-refractivity contribution is 7.95. The Morgan fingerprint density at radius 3 is 2.41 bits per heavy atom. The molecule has 2 bridgehead atoms. The molecular weight excluding hydrogens is 292 g/mol. The van der Waals surface area contributed by atoms with Crippen LogP contribution in [0.1, 0.15) is 40.0 Å². The summed E-state index contributed by atoms with van der Waals surface area (Å²) in [7, 11) is -3.39. The minimum absolute atomic E-state index is 0.369. The molecular formula is C19H26O2S. The van der Waals surface area contributed by atoms with Crippen molar-refractivity contribution < 1.29 is 8.42 Å². The van der Waals surface area contributed by atoms with E-state index in [2.05, 4.69) is 27.4 Å². The number of sulfone groups is 1. The van der Waals surface area contributed by atoms with E-state index in [4.69, 9.17) is 0 Å². The first-order valence-electron chi connectivity index (χ1n) is 8.22. The normalized spacial score (nSPS) is 33.0. The predicted octanol–water partition coefficient (Wildman–Crippen LogP) is 4.68. The molecule has 3 heteroatoms. The van der Waals surface area contributed by atoms with Crippen LogP contribution < -0.4 is 0 Å². The van der Waals surface area contributed by atoms with Crippen molar-refractivity contribution in [3.8, 4) is 0 Å². The maximum absolute atomic E-state index is 12.6. The van der Waals surface area contributed by atoms with Gasteiger partial charge in [-0.3, -0.25) is 0 Å². The molecule has 0 N–H and O–H groups in total. The quantitative estimate of drug-likeness (QED) is 0.807. The third kappa shape index (κ3) is 2.34. The lowest BCUT2D eigenvalue weighted by molar-refractivity contribution is -0.127. The van der Waals surface area contributed by atoms with Gasteiger partial charge in [0.1, 0.15) is 0 Å². The standard InChI is InChI=1S/C19H26O2S/c1-13(22(20,21)17-8-6-5-7-9-17)10-15-11-16-12-18(14(15)2)19(16,3)4/h5-9,14-16,18H,1,10-12H2,2-4H3/t14-,15+,16+,18+/m0/s1. The van der Waals surface area contributed by atoms with Crippen molar-refractivity contribution in [1.82, 2.24) is 0 Å². The Morgan fingerprint density at radius 2 is 1.86 bits per heavy atom. The minimum atomic E-state index is -3.39. The van der Waals surface area contributed by atoms with Gasteiger partial charge >= 0.3 is 0 Å². The van der Waals surface area contributed by atoms with E-state index in [0.29, 0.717) is 33.5 Å². The number of rotatable bonds is 4. The van der Waals surface area contributed by atoms with Crippen molar-refractivity contribution >= 4 is 9.84 Å². The Morgan fingerprint density at radius 1 is 1.23 bits per heavy atom. The summed E-state index contributed by atoms with van der Waals surface area (Å²) in [5, 5.41) is 0. The Hall–Kier alpha value is -1.09. The van der Waals surface area contributed by atoms with Crippen LogP contribution >= 0.6 is 0 Å². The molecule has 0 aromatic heterocycles. The van der Waals surface area contributed by atoms with Crippen molar-refractivity contribution in [1.29, 1.82) is 0 Å². The van der Waals surface area contributed by atoms with Crippen LogP contribution in [0.3, 0.4) is 0 Å². The molecule has 3 fully saturated rings. The summed E-state index contributed by atoms with van der Waals surface area (Å²) in [4.78, 5) is 0.753. The summed E-state index contributed by atoms with van der Waals surface area (Å²) in [6, 6.07) is 8.68. The lowest BCUT2D eigenvalue weighted by Gasteiger charge is -2.62. The smallest absolute Gasteiger partial charge is 0.202 e. The van der Waals surface area contributed by atoms with E-state index >= 15 is 0 Å². The van der Waals surface area contributed by atoms with Crippen LogP contribution in [0.2, 0.25) is 0 Å². The molecule has 0 unspecified atom stereocenters. The van der Waals surface area contributed by atoms with Gasteiger partial charge in [-0.25, -0.2) is 8.42 Å². The number of hydrogen-bond acceptors (Lipinski definition) is 2. The van der Waals surface area contributed by atoms with Crippen molar-refractivity contribution in [2.24, 2.45) is 29.1 Å². The first-order chi connectivity index (χ1) is 10.2. The van der Waals surface area contributed by atoms with Gasteiger partial charge in [0.25, 0.3) is 0 Å². The molecule has 3 saturated carbocycles. The van der Waals surface area contributed by atoms with Gasteiger partial charge in [0.15, 0.2) is 0 Å². The van der Waals surface area contributed by atoms with E-state index in [1.165, 1.54) is 6.42 Å². The maximum Gasteiger partial charge on any atom is 0.202 e. The summed E-state index contributed by atoms with van der Waals surface area (Å²) in [5.41, 5.74) is 0.440. The first kappa shape index (κ1) is 15.8. The highest BCUT2D eigenvalue weighted by Crippen LogP contribution is 2.63. The zero-order valence-corrected chi connectivity index (χ0v) is 14.6. The molecule has 4 atom stereocenters. The van der Waals surface area contributed by atoms with E-state index in [1.807, 2.05) is 6.07 Å². The van der Waals surface area contributed by atoms with Gasteiger partial charge in [-0.2, -0.15) is 0 Å². The monoisotopic (exact) mass is 318 g/mol. The molecule has 1 aromatic rings. The highest BCUT2D eigenvalue weighted by atomic mass is 32.2. The largest absolute Gasteiger partial charge is 0.219 e. The molecule has 22 heavy (non-hydrogen) atoms. The Labute approximate surface area is 134 Å². The first-order valence-corrected chi connectivity index (χ1v) is 9.71. The van der Waals surface area contributed by atoms with Crippen molar-refractivity contribution in [2.75, 3.05) is 0 Å². The van der Waals surface area contributed by atoms with Crippen LogP contribution in [-0.4, -0.2) is 8.42 Å². The second-order valence-electron chi connectivity index (χ2n) is 7.77. The van der Waals surface area contributed by atoms with Crippen molar-refractivity contribution in [3.05, 3.63) is 41.8 Å². The van der Waals surface area contributed by atoms with E-state index in [1.54, 1.807) is 24.3 Å². The molecule has 0 amide bonds. The molecule has 0 heterocycles. The fourth-order valence-electron chi connectivity index (χ4n) is 4.69. The van der Waals surface area contributed by atoms with Crippen LogP contribution in [-0.2, 0) is 9.84 Å². The molecule has 2 nitrogen and oxygen atoms in total. The number of benzene rings is 1. The summed E-state index contributed by atoms with van der Waals surface area (Å²) >= 11 is 0. The predicted molar refractivity (Wildman–Crippen MR) is 90.0 cm³/mol. The SMILES string of the molecule is C=C(C[C@@H]1C[C@@H]2C[C@H]([C@H]1C)C2(C)C)S(=O)(=O)c1ccccc1. The van der Waals surface area contributed by atoms with Crippen molar-refractivity contribution in [2.45, 2.75) is 44.9 Å². The number of hydrogen-bond donors (Lipinski definition) is 0. The third-order valence-corrected chi connectivity index (χ3v) is 8.25. The molecule has 0 aliphatic heterocycles. The highest BCUT2D eigenvalue weighted by Gasteiger charge is 2.56. The van der Waals surface area contributed by atoms with Crippen LogP contribution in [0.4, 0.5) is 0 Å². The fourth-order valence-corrected chi connectivity index (χ4v) is 5.98. The van der Waals surface area contributed by atoms with E-state index in [0.717, 1.165) is 18.3 Å². The van der Waals surface area contributed by atoms with E-state index < -0.39 is 9.84 Å². The average Bonchev–Trinajstić information content (AvgIpc) is 2.49. The van der Waals surface area contributed by atoms with E-state index in [-0.39, 0.29) is 0 Å². The molecule has 3 aliphatic rings.